The van der Waals surface area contributed by atoms with E-state index in [4.69, 9.17) is 9.72 Å². The maximum atomic E-state index is 13.1. The molecule has 1 aliphatic heterocycles. The maximum absolute atomic E-state index is 13.1. The van der Waals surface area contributed by atoms with Crippen LogP contribution in [0.1, 0.15) is 60.3 Å². The Kier molecular flexibility index (Phi) is 4.95. The van der Waals surface area contributed by atoms with E-state index in [1.807, 2.05) is 20.0 Å². The molecular formula is C20H27N5O3. The zero-order valence-electron chi connectivity index (χ0n) is 16.7. The number of amides is 2. The van der Waals surface area contributed by atoms with E-state index >= 15 is 0 Å². The lowest BCUT2D eigenvalue weighted by molar-refractivity contribution is 0.0861. The number of hydrogen-bond donors (Lipinski definition) is 1. The van der Waals surface area contributed by atoms with Crippen molar-refractivity contribution in [2.24, 2.45) is 7.05 Å². The first-order chi connectivity index (χ1) is 13.5. The van der Waals surface area contributed by atoms with Crippen molar-refractivity contribution in [3.63, 3.8) is 0 Å². The average Bonchev–Trinajstić information content (AvgIpc) is 3.48. The Hall–Kier alpha value is -2.64. The van der Waals surface area contributed by atoms with Crippen LogP contribution in [0.4, 0.5) is 4.79 Å². The number of piperidine rings is 1. The zero-order chi connectivity index (χ0) is 19.8. The Morgan fingerprint density at radius 1 is 1.25 bits per heavy atom. The standard InChI is InChI=1S/C20H27N5O3/c1-4-28-20(27)25-9-7-14(8-10-25)21-19(26)15-11-16(13-5-6-13)22-18-17(15)12(2)23-24(18)3/h11,13-14H,4-10H2,1-3H3,(H,21,26). The first kappa shape index (κ1) is 18.7. The number of hydrogen-bond acceptors (Lipinski definition) is 5. The summed E-state index contributed by atoms with van der Waals surface area (Å²) in [5, 5.41) is 8.45. The fourth-order valence-electron chi connectivity index (χ4n) is 3.92. The lowest BCUT2D eigenvalue weighted by atomic mass is 10.0. The van der Waals surface area contributed by atoms with Crippen LogP contribution in [0.25, 0.3) is 11.0 Å². The fourth-order valence-corrected chi connectivity index (χ4v) is 3.92. The van der Waals surface area contributed by atoms with Crippen LogP contribution in [0.2, 0.25) is 0 Å². The molecule has 28 heavy (non-hydrogen) atoms. The van der Waals surface area contributed by atoms with E-state index in [2.05, 4.69) is 10.4 Å². The van der Waals surface area contributed by atoms with E-state index < -0.39 is 0 Å². The number of aryl methyl sites for hydroxylation is 2. The number of ether oxygens (including phenoxy) is 1. The molecule has 1 saturated carbocycles. The Morgan fingerprint density at radius 3 is 2.61 bits per heavy atom. The molecule has 1 saturated heterocycles. The molecule has 0 radical (unpaired) electrons. The van der Waals surface area contributed by atoms with Gasteiger partial charge < -0.3 is 15.0 Å². The molecule has 8 heteroatoms. The van der Waals surface area contributed by atoms with Crippen LogP contribution in [-0.2, 0) is 11.8 Å². The molecule has 0 aromatic carbocycles. The zero-order valence-corrected chi connectivity index (χ0v) is 16.7. The van der Waals surface area contributed by atoms with E-state index in [9.17, 15) is 9.59 Å². The minimum absolute atomic E-state index is 0.0442. The summed E-state index contributed by atoms with van der Waals surface area (Å²) in [6.45, 7) is 5.27. The molecule has 0 spiro atoms. The Morgan fingerprint density at radius 2 is 1.96 bits per heavy atom. The van der Waals surface area contributed by atoms with Crippen molar-refractivity contribution in [1.29, 1.82) is 0 Å². The second-order valence-corrected chi connectivity index (χ2v) is 7.71. The van der Waals surface area contributed by atoms with Gasteiger partial charge in [0.25, 0.3) is 5.91 Å². The second-order valence-electron chi connectivity index (χ2n) is 7.71. The maximum Gasteiger partial charge on any atom is 0.409 e. The molecule has 0 atom stereocenters. The van der Waals surface area contributed by atoms with Gasteiger partial charge in [0.2, 0.25) is 0 Å². The summed E-state index contributed by atoms with van der Waals surface area (Å²) in [5.41, 5.74) is 3.22. The number of pyridine rings is 1. The smallest absolute Gasteiger partial charge is 0.409 e. The minimum Gasteiger partial charge on any atom is -0.450 e. The van der Waals surface area contributed by atoms with Crippen molar-refractivity contribution < 1.29 is 14.3 Å². The molecule has 2 fully saturated rings. The number of fused-ring (bicyclic) bond motifs is 1. The SMILES string of the molecule is CCOC(=O)N1CCC(NC(=O)c2cc(C3CC3)nc3c2c(C)nn3C)CC1. The normalized spacial score (nSPS) is 17.8. The number of nitrogens with zero attached hydrogens (tertiary/aromatic N) is 4. The third-order valence-electron chi connectivity index (χ3n) is 5.58. The van der Waals surface area contributed by atoms with Crippen LogP contribution >= 0.6 is 0 Å². The molecule has 2 amide bonds. The first-order valence-electron chi connectivity index (χ1n) is 10.0. The summed E-state index contributed by atoms with van der Waals surface area (Å²) in [6, 6.07) is 1.99. The molecule has 8 nitrogen and oxygen atoms in total. The summed E-state index contributed by atoms with van der Waals surface area (Å²) < 4.78 is 6.81. The van der Waals surface area contributed by atoms with Gasteiger partial charge in [0.05, 0.1) is 23.3 Å². The Labute approximate surface area is 164 Å². The van der Waals surface area contributed by atoms with Crippen LogP contribution < -0.4 is 5.32 Å². The Balaban J connectivity index is 1.51. The van der Waals surface area contributed by atoms with Gasteiger partial charge in [0.15, 0.2) is 5.65 Å². The molecule has 0 unspecified atom stereocenters. The molecule has 2 aromatic heterocycles. The van der Waals surface area contributed by atoms with Gasteiger partial charge in [0.1, 0.15) is 0 Å². The lowest BCUT2D eigenvalue weighted by Gasteiger charge is -2.31. The molecule has 4 rings (SSSR count). The highest BCUT2D eigenvalue weighted by atomic mass is 16.6. The number of nitrogens with one attached hydrogen (secondary N) is 1. The van der Waals surface area contributed by atoms with Crippen molar-refractivity contribution in [1.82, 2.24) is 25.0 Å². The molecule has 1 N–H and O–H groups in total. The number of aromatic nitrogens is 3. The van der Waals surface area contributed by atoms with Gasteiger partial charge >= 0.3 is 6.09 Å². The predicted octanol–water partition coefficient (Wildman–Crippen LogP) is 2.50. The molecule has 2 aliphatic rings. The summed E-state index contributed by atoms with van der Waals surface area (Å²) in [7, 11) is 1.87. The summed E-state index contributed by atoms with van der Waals surface area (Å²) >= 11 is 0. The monoisotopic (exact) mass is 385 g/mol. The second kappa shape index (κ2) is 7.41. The molecule has 1 aliphatic carbocycles. The highest BCUT2D eigenvalue weighted by Gasteiger charge is 2.30. The third-order valence-corrected chi connectivity index (χ3v) is 5.58. The summed E-state index contributed by atoms with van der Waals surface area (Å²) in [4.78, 5) is 31.4. The molecule has 0 bridgehead atoms. The van der Waals surface area contributed by atoms with Gasteiger partial charge in [-0.25, -0.2) is 9.78 Å². The number of carbonyl (C=O) groups excluding carboxylic acids is 2. The number of carbonyl (C=O) groups is 2. The van der Waals surface area contributed by atoms with Crippen molar-refractivity contribution in [3.8, 4) is 0 Å². The fraction of sp³-hybridized carbons (Fsp3) is 0.600. The van der Waals surface area contributed by atoms with Gasteiger partial charge in [-0.2, -0.15) is 5.10 Å². The highest BCUT2D eigenvalue weighted by Crippen LogP contribution is 2.40. The van der Waals surface area contributed by atoms with Crippen LogP contribution in [0.15, 0.2) is 6.07 Å². The Bertz CT molecular complexity index is 910. The minimum atomic E-state index is -0.275. The van der Waals surface area contributed by atoms with E-state index in [0.29, 0.717) is 31.2 Å². The molecule has 150 valence electrons. The first-order valence-corrected chi connectivity index (χ1v) is 10.0. The predicted molar refractivity (Wildman–Crippen MR) is 104 cm³/mol. The molecule has 3 heterocycles. The largest absolute Gasteiger partial charge is 0.450 e. The van der Waals surface area contributed by atoms with E-state index in [-0.39, 0.29) is 18.0 Å². The van der Waals surface area contributed by atoms with E-state index in [1.54, 1.807) is 16.5 Å². The molecular weight excluding hydrogens is 358 g/mol. The third kappa shape index (κ3) is 3.55. The van der Waals surface area contributed by atoms with Crippen molar-refractivity contribution in [2.45, 2.75) is 51.5 Å². The summed E-state index contributed by atoms with van der Waals surface area (Å²) in [6.07, 6.45) is 3.43. The van der Waals surface area contributed by atoms with Gasteiger partial charge in [-0.1, -0.05) is 0 Å². The van der Waals surface area contributed by atoms with Gasteiger partial charge in [-0.15, -0.1) is 0 Å². The van der Waals surface area contributed by atoms with Crippen molar-refractivity contribution in [3.05, 3.63) is 23.0 Å². The number of likely N-dealkylation sites (tertiary alicyclic amines) is 1. The van der Waals surface area contributed by atoms with Crippen LogP contribution in [0.3, 0.4) is 0 Å². The van der Waals surface area contributed by atoms with E-state index in [1.165, 1.54) is 0 Å². The van der Waals surface area contributed by atoms with Crippen molar-refractivity contribution >= 4 is 23.0 Å². The van der Waals surface area contributed by atoms with E-state index in [0.717, 1.165) is 48.1 Å². The molecule has 2 aromatic rings. The topological polar surface area (TPSA) is 89.3 Å². The van der Waals surface area contributed by atoms with Gasteiger partial charge in [-0.05, 0) is 45.6 Å². The van der Waals surface area contributed by atoms with Gasteiger partial charge in [-0.3, -0.25) is 9.48 Å². The van der Waals surface area contributed by atoms with Crippen LogP contribution in [-0.4, -0.2) is 57.4 Å². The number of rotatable bonds is 4. The lowest BCUT2D eigenvalue weighted by Crippen LogP contribution is -2.46. The van der Waals surface area contributed by atoms with Crippen LogP contribution in [0.5, 0.6) is 0 Å². The average molecular weight is 385 g/mol. The summed E-state index contributed by atoms with van der Waals surface area (Å²) in [5.74, 6) is 0.374. The van der Waals surface area contributed by atoms with Crippen molar-refractivity contribution in [2.75, 3.05) is 19.7 Å². The quantitative estimate of drug-likeness (QED) is 0.873. The highest BCUT2D eigenvalue weighted by molar-refractivity contribution is 6.06. The van der Waals surface area contributed by atoms with Gasteiger partial charge in [0, 0.05) is 37.8 Å². The van der Waals surface area contributed by atoms with Crippen LogP contribution in [0, 0.1) is 6.92 Å².